The van der Waals surface area contributed by atoms with Crippen LogP contribution in [0.5, 0.6) is 5.75 Å². The lowest BCUT2D eigenvalue weighted by Crippen LogP contribution is -2.15. The summed E-state index contributed by atoms with van der Waals surface area (Å²) in [7, 11) is 1.68. The standard InChI is InChI=1S/C16H20N2O/c1-10-5-6-18-14(7-10)16(17)13-8-12(3)15(19-4)9-11(13)2/h5-9,16H,17H2,1-4H3. The van der Waals surface area contributed by atoms with Crippen molar-refractivity contribution in [1.29, 1.82) is 0 Å². The maximum Gasteiger partial charge on any atom is 0.122 e. The third kappa shape index (κ3) is 2.76. The third-order valence-electron chi connectivity index (χ3n) is 3.37. The van der Waals surface area contributed by atoms with Crippen molar-refractivity contribution < 1.29 is 4.74 Å². The first-order valence-electron chi connectivity index (χ1n) is 6.36. The molecule has 0 spiro atoms. The Kier molecular flexibility index (Phi) is 3.86. The average molecular weight is 256 g/mol. The molecule has 1 aromatic heterocycles. The van der Waals surface area contributed by atoms with Gasteiger partial charge in [-0.15, -0.1) is 0 Å². The molecule has 0 bridgehead atoms. The number of hydrogen-bond acceptors (Lipinski definition) is 3. The van der Waals surface area contributed by atoms with Crippen LogP contribution in [0, 0.1) is 20.8 Å². The number of hydrogen-bond donors (Lipinski definition) is 1. The van der Waals surface area contributed by atoms with Crippen LogP contribution in [0.15, 0.2) is 30.5 Å². The molecule has 3 nitrogen and oxygen atoms in total. The zero-order chi connectivity index (χ0) is 14.0. The highest BCUT2D eigenvalue weighted by Crippen LogP contribution is 2.28. The Labute approximate surface area is 114 Å². The summed E-state index contributed by atoms with van der Waals surface area (Å²) >= 11 is 0. The number of nitrogens with zero attached hydrogens (tertiary/aromatic N) is 1. The van der Waals surface area contributed by atoms with Gasteiger partial charge in [-0.25, -0.2) is 0 Å². The summed E-state index contributed by atoms with van der Waals surface area (Å²) in [6, 6.07) is 7.92. The van der Waals surface area contributed by atoms with Gasteiger partial charge in [0.1, 0.15) is 5.75 Å². The van der Waals surface area contributed by atoms with Gasteiger partial charge in [-0.05, 0) is 61.2 Å². The minimum absolute atomic E-state index is 0.204. The van der Waals surface area contributed by atoms with Crippen molar-refractivity contribution in [3.63, 3.8) is 0 Å². The first-order chi connectivity index (χ1) is 9.02. The zero-order valence-corrected chi connectivity index (χ0v) is 11.9. The highest BCUT2D eigenvalue weighted by atomic mass is 16.5. The van der Waals surface area contributed by atoms with Gasteiger partial charge >= 0.3 is 0 Å². The van der Waals surface area contributed by atoms with Gasteiger partial charge in [0.05, 0.1) is 18.8 Å². The molecular formula is C16H20N2O. The van der Waals surface area contributed by atoms with Crippen molar-refractivity contribution in [2.45, 2.75) is 26.8 Å². The summed E-state index contributed by atoms with van der Waals surface area (Å²) in [5.74, 6) is 0.894. The van der Waals surface area contributed by atoms with Crippen molar-refractivity contribution in [1.82, 2.24) is 4.98 Å². The quantitative estimate of drug-likeness (QED) is 0.918. The Balaban J connectivity index is 2.44. The fraction of sp³-hybridized carbons (Fsp3) is 0.312. The van der Waals surface area contributed by atoms with E-state index in [1.807, 2.05) is 39.0 Å². The molecule has 2 rings (SSSR count). The Morgan fingerprint density at radius 2 is 1.84 bits per heavy atom. The fourth-order valence-corrected chi connectivity index (χ4v) is 2.26. The van der Waals surface area contributed by atoms with E-state index in [4.69, 9.17) is 10.5 Å². The second-order valence-corrected chi connectivity index (χ2v) is 4.91. The van der Waals surface area contributed by atoms with Crippen LogP contribution in [-0.2, 0) is 0 Å². The van der Waals surface area contributed by atoms with E-state index in [-0.39, 0.29) is 6.04 Å². The van der Waals surface area contributed by atoms with Crippen molar-refractivity contribution in [2.24, 2.45) is 5.73 Å². The second-order valence-electron chi connectivity index (χ2n) is 4.91. The highest BCUT2D eigenvalue weighted by Gasteiger charge is 2.15. The predicted molar refractivity (Wildman–Crippen MR) is 77.5 cm³/mol. The average Bonchev–Trinajstić information content (AvgIpc) is 2.40. The van der Waals surface area contributed by atoms with Crippen LogP contribution in [0.4, 0.5) is 0 Å². The molecule has 3 heteroatoms. The van der Waals surface area contributed by atoms with Crippen LogP contribution < -0.4 is 10.5 Å². The second kappa shape index (κ2) is 5.41. The highest BCUT2D eigenvalue weighted by molar-refractivity contribution is 5.44. The van der Waals surface area contributed by atoms with Gasteiger partial charge in [0.25, 0.3) is 0 Å². The van der Waals surface area contributed by atoms with E-state index >= 15 is 0 Å². The predicted octanol–water partition coefficient (Wildman–Crippen LogP) is 3.06. The van der Waals surface area contributed by atoms with E-state index in [1.165, 1.54) is 5.56 Å². The first kappa shape index (κ1) is 13.6. The number of ether oxygens (including phenoxy) is 1. The smallest absolute Gasteiger partial charge is 0.122 e. The summed E-state index contributed by atoms with van der Waals surface area (Å²) in [4.78, 5) is 4.37. The fourth-order valence-electron chi connectivity index (χ4n) is 2.26. The van der Waals surface area contributed by atoms with Crippen LogP contribution >= 0.6 is 0 Å². The largest absolute Gasteiger partial charge is 0.496 e. The molecule has 0 amide bonds. The molecule has 0 aliphatic carbocycles. The molecule has 2 aromatic rings. The number of nitrogens with two attached hydrogens (primary N) is 1. The topological polar surface area (TPSA) is 48.1 Å². The molecule has 2 N–H and O–H groups in total. The van der Waals surface area contributed by atoms with Gasteiger partial charge in [-0.3, -0.25) is 4.98 Å². The van der Waals surface area contributed by atoms with E-state index in [0.717, 1.165) is 28.1 Å². The third-order valence-corrected chi connectivity index (χ3v) is 3.37. The summed E-state index contributed by atoms with van der Waals surface area (Å²) in [6.45, 7) is 6.12. The molecule has 0 fully saturated rings. The summed E-state index contributed by atoms with van der Waals surface area (Å²) in [5, 5.41) is 0. The molecule has 0 saturated carbocycles. The first-order valence-corrected chi connectivity index (χ1v) is 6.36. The van der Waals surface area contributed by atoms with Crippen LogP contribution in [0.3, 0.4) is 0 Å². The molecule has 1 unspecified atom stereocenters. The van der Waals surface area contributed by atoms with E-state index in [1.54, 1.807) is 13.3 Å². The monoisotopic (exact) mass is 256 g/mol. The SMILES string of the molecule is COc1cc(C)c(C(N)c2cc(C)ccn2)cc1C. The molecule has 19 heavy (non-hydrogen) atoms. The molecule has 1 heterocycles. The number of pyridine rings is 1. The lowest BCUT2D eigenvalue weighted by atomic mass is 9.96. The summed E-state index contributed by atoms with van der Waals surface area (Å²) in [6.07, 6.45) is 1.80. The van der Waals surface area contributed by atoms with Crippen LogP contribution in [0.1, 0.15) is 34.0 Å². The van der Waals surface area contributed by atoms with Crippen molar-refractivity contribution >= 4 is 0 Å². The summed E-state index contributed by atoms with van der Waals surface area (Å²) < 4.78 is 5.33. The number of rotatable bonds is 3. The van der Waals surface area contributed by atoms with Gasteiger partial charge in [-0.1, -0.05) is 6.07 Å². The van der Waals surface area contributed by atoms with Crippen molar-refractivity contribution in [3.05, 3.63) is 58.4 Å². The minimum atomic E-state index is -0.204. The lowest BCUT2D eigenvalue weighted by Gasteiger charge is -2.17. The molecule has 0 saturated heterocycles. The molecule has 0 aliphatic rings. The number of methoxy groups -OCH3 is 1. The molecule has 1 atom stereocenters. The number of aryl methyl sites for hydroxylation is 3. The van der Waals surface area contributed by atoms with Gasteiger partial charge in [0, 0.05) is 6.20 Å². The number of benzene rings is 1. The van der Waals surface area contributed by atoms with E-state index in [2.05, 4.69) is 11.1 Å². The van der Waals surface area contributed by atoms with E-state index in [9.17, 15) is 0 Å². The Morgan fingerprint density at radius 1 is 1.11 bits per heavy atom. The summed E-state index contributed by atoms with van der Waals surface area (Å²) in [5.41, 5.74) is 11.7. The molecule has 0 radical (unpaired) electrons. The van der Waals surface area contributed by atoms with Gasteiger partial charge in [-0.2, -0.15) is 0 Å². The Morgan fingerprint density at radius 3 is 2.47 bits per heavy atom. The maximum absolute atomic E-state index is 6.34. The van der Waals surface area contributed by atoms with Gasteiger partial charge in [0.2, 0.25) is 0 Å². The van der Waals surface area contributed by atoms with E-state index < -0.39 is 0 Å². The minimum Gasteiger partial charge on any atom is -0.496 e. The van der Waals surface area contributed by atoms with Crippen LogP contribution in [-0.4, -0.2) is 12.1 Å². The number of aromatic nitrogens is 1. The molecular weight excluding hydrogens is 236 g/mol. The zero-order valence-electron chi connectivity index (χ0n) is 11.9. The maximum atomic E-state index is 6.34. The Hall–Kier alpha value is -1.87. The van der Waals surface area contributed by atoms with Gasteiger partial charge < -0.3 is 10.5 Å². The van der Waals surface area contributed by atoms with E-state index in [0.29, 0.717) is 0 Å². The van der Waals surface area contributed by atoms with Crippen LogP contribution in [0.25, 0.3) is 0 Å². The van der Waals surface area contributed by atoms with Crippen molar-refractivity contribution in [3.8, 4) is 5.75 Å². The molecule has 0 aliphatic heterocycles. The van der Waals surface area contributed by atoms with Gasteiger partial charge in [0.15, 0.2) is 0 Å². The normalized spacial score (nSPS) is 12.3. The molecule has 1 aromatic carbocycles. The van der Waals surface area contributed by atoms with Crippen molar-refractivity contribution in [2.75, 3.05) is 7.11 Å². The van der Waals surface area contributed by atoms with Crippen LogP contribution in [0.2, 0.25) is 0 Å². The molecule has 100 valence electrons. The Bertz CT molecular complexity index is 593. The lowest BCUT2D eigenvalue weighted by molar-refractivity contribution is 0.411.